The van der Waals surface area contributed by atoms with Crippen molar-refractivity contribution in [3.63, 3.8) is 0 Å². The second-order valence-electron chi connectivity index (χ2n) is 3.21. The molecule has 0 atom stereocenters. The van der Waals surface area contributed by atoms with Gasteiger partial charge in [0.05, 0.1) is 0 Å². The van der Waals surface area contributed by atoms with Crippen LogP contribution in [0.25, 0.3) is 0 Å². The molecule has 1 aromatic heterocycles. The molecule has 0 saturated carbocycles. The van der Waals surface area contributed by atoms with E-state index < -0.39 is 0 Å². The second kappa shape index (κ2) is 4.81. The van der Waals surface area contributed by atoms with E-state index in [0.717, 1.165) is 0 Å². The Morgan fingerprint density at radius 1 is 1.00 bits per heavy atom. The van der Waals surface area contributed by atoms with Gasteiger partial charge in [-0.05, 0) is 47.5 Å². The fraction of sp³-hybridized carbons (Fsp3) is 0.100. The van der Waals surface area contributed by atoms with Crippen LogP contribution in [0, 0.1) is 5.82 Å². The molecule has 4 nitrogen and oxygen atoms in total. The Balaban J connectivity index is 2.36. The Labute approximate surface area is 107 Å². The molecule has 7 heteroatoms. The predicted octanol–water partition coefficient (Wildman–Crippen LogP) is 3.09. The molecule has 2 aromatic rings. The Bertz CT molecular complexity index is 512. The lowest BCUT2D eigenvalue weighted by atomic mass is 10.3. The molecule has 1 heterocycles. The molecule has 0 aliphatic carbocycles. The monoisotopic (exact) mass is 272 g/mol. The van der Waals surface area contributed by atoms with Crippen molar-refractivity contribution in [2.24, 2.45) is 0 Å². The van der Waals surface area contributed by atoms with Crippen molar-refractivity contribution in [1.82, 2.24) is 15.0 Å². The van der Waals surface area contributed by atoms with Gasteiger partial charge >= 0.3 is 0 Å². The summed E-state index contributed by atoms with van der Waals surface area (Å²) in [4.78, 5) is 13.1. The Kier molecular flexibility index (Phi) is 3.40. The van der Waals surface area contributed by atoms with Crippen molar-refractivity contribution >= 4 is 34.8 Å². The van der Waals surface area contributed by atoms with Gasteiger partial charge in [-0.1, -0.05) is 0 Å². The van der Waals surface area contributed by atoms with Crippen molar-refractivity contribution < 1.29 is 4.39 Å². The molecule has 0 bridgehead atoms. The number of halogens is 3. The molecule has 0 aliphatic rings. The van der Waals surface area contributed by atoms with Crippen molar-refractivity contribution in [1.29, 1.82) is 0 Å². The van der Waals surface area contributed by atoms with Gasteiger partial charge in [-0.15, -0.1) is 0 Å². The highest BCUT2D eigenvalue weighted by Crippen LogP contribution is 2.21. The van der Waals surface area contributed by atoms with Crippen LogP contribution in [0.5, 0.6) is 0 Å². The third kappa shape index (κ3) is 2.81. The van der Waals surface area contributed by atoms with Crippen LogP contribution >= 0.6 is 23.2 Å². The van der Waals surface area contributed by atoms with Gasteiger partial charge in [0.25, 0.3) is 0 Å². The molecule has 17 heavy (non-hydrogen) atoms. The van der Waals surface area contributed by atoms with Crippen molar-refractivity contribution in [3.05, 3.63) is 40.6 Å². The lowest BCUT2D eigenvalue weighted by molar-refractivity contribution is 0.628. The first kappa shape index (κ1) is 12.0. The lowest BCUT2D eigenvalue weighted by Gasteiger charge is -2.16. The molecule has 1 aromatic carbocycles. The number of rotatable bonds is 2. The van der Waals surface area contributed by atoms with Crippen LogP contribution in [0.15, 0.2) is 24.3 Å². The first-order valence-electron chi connectivity index (χ1n) is 4.62. The molecule has 2 rings (SSSR count). The standard InChI is InChI=1S/C10H7Cl2FN4/c1-17(7-4-2-6(13)3-5-7)10-15-8(11)14-9(12)16-10/h2-5H,1H3. The first-order valence-corrected chi connectivity index (χ1v) is 5.38. The summed E-state index contributed by atoms with van der Waals surface area (Å²) in [6.07, 6.45) is 0. The third-order valence-corrected chi connectivity index (χ3v) is 2.42. The van der Waals surface area contributed by atoms with Crippen LogP contribution in [0.2, 0.25) is 10.6 Å². The molecule has 0 radical (unpaired) electrons. The van der Waals surface area contributed by atoms with E-state index in [1.165, 1.54) is 12.1 Å². The van der Waals surface area contributed by atoms with Crippen LogP contribution in [0.4, 0.5) is 16.0 Å². The molecular weight excluding hydrogens is 266 g/mol. The zero-order chi connectivity index (χ0) is 12.4. The van der Waals surface area contributed by atoms with Gasteiger partial charge in [0.2, 0.25) is 16.5 Å². The summed E-state index contributed by atoms with van der Waals surface area (Å²) >= 11 is 11.3. The summed E-state index contributed by atoms with van der Waals surface area (Å²) in [7, 11) is 1.72. The van der Waals surface area contributed by atoms with Crippen molar-refractivity contribution in [2.75, 3.05) is 11.9 Å². The fourth-order valence-corrected chi connectivity index (χ4v) is 1.60. The van der Waals surface area contributed by atoms with Crippen LogP contribution in [0.1, 0.15) is 0 Å². The predicted molar refractivity (Wildman–Crippen MR) is 64.3 cm³/mol. The van der Waals surface area contributed by atoms with Gasteiger partial charge in [0.15, 0.2) is 0 Å². The summed E-state index contributed by atoms with van der Waals surface area (Å²) in [5, 5.41) is 0.0166. The van der Waals surface area contributed by atoms with Gasteiger partial charge in [0.1, 0.15) is 5.82 Å². The summed E-state index contributed by atoms with van der Waals surface area (Å²) in [6, 6.07) is 5.88. The number of benzene rings is 1. The highest BCUT2D eigenvalue weighted by Gasteiger charge is 2.10. The van der Waals surface area contributed by atoms with E-state index in [4.69, 9.17) is 23.2 Å². The summed E-state index contributed by atoms with van der Waals surface area (Å²) in [5.41, 5.74) is 0.713. The Morgan fingerprint density at radius 3 is 2.06 bits per heavy atom. The van der Waals surface area contributed by atoms with Crippen LogP contribution in [-0.2, 0) is 0 Å². The SMILES string of the molecule is CN(c1ccc(F)cc1)c1nc(Cl)nc(Cl)n1. The molecular formula is C10H7Cl2FN4. The number of aromatic nitrogens is 3. The first-order chi connectivity index (χ1) is 8.06. The maximum absolute atomic E-state index is 12.8. The zero-order valence-electron chi connectivity index (χ0n) is 8.73. The van der Waals surface area contributed by atoms with Gasteiger partial charge < -0.3 is 4.90 Å². The molecule has 0 saturated heterocycles. The van der Waals surface area contributed by atoms with Gasteiger partial charge in [0, 0.05) is 12.7 Å². The van der Waals surface area contributed by atoms with E-state index in [0.29, 0.717) is 11.6 Å². The topological polar surface area (TPSA) is 41.9 Å². The van der Waals surface area contributed by atoms with E-state index in [2.05, 4.69) is 15.0 Å². The minimum Gasteiger partial charge on any atom is -0.313 e. The average Bonchev–Trinajstić information content (AvgIpc) is 2.28. The Morgan fingerprint density at radius 2 is 1.53 bits per heavy atom. The van der Waals surface area contributed by atoms with Gasteiger partial charge in [-0.2, -0.15) is 15.0 Å². The lowest BCUT2D eigenvalue weighted by Crippen LogP contribution is -2.13. The van der Waals surface area contributed by atoms with Gasteiger partial charge in [-0.3, -0.25) is 0 Å². The number of anilines is 2. The van der Waals surface area contributed by atoms with E-state index in [1.54, 1.807) is 24.1 Å². The highest BCUT2D eigenvalue weighted by molar-refractivity contribution is 6.31. The van der Waals surface area contributed by atoms with Crippen molar-refractivity contribution in [2.45, 2.75) is 0 Å². The zero-order valence-corrected chi connectivity index (χ0v) is 10.2. The summed E-state index contributed by atoms with van der Waals surface area (Å²) < 4.78 is 12.8. The highest BCUT2D eigenvalue weighted by atomic mass is 35.5. The molecule has 0 spiro atoms. The van der Waals surface area contributed by atoms with Gasteiger partial charge in [-0.25, -0.2) is 4.39 Å². The minimum absolute atomic E-state index is 0.00830. The normalized spacial score (nSPS) is 10.4. The molecule has 0 N–H and O–H groups in total. The third-order valence-electron chi connectivity index (χ3n) is 2.08. The molecule has 0 amide bonds. The summed E-state index contributed by atoms with van der Waals surface area (Å²) in [6.45, 7) is 0. The van der Waals surface area contributed by atoms with E-state index in [1.807, 2.05) is 0 Å². The smallest absolute Gasteiger partial charge is 0.235 e. The summed E-state index contributed by atoms with van der Waals surface area (Å²) in [5.74, 6) is -0.0181. The number of nitrogens with zero attached hydrogens (tertiary/aromatic N) is 4. The molecule has 0 aliphatic heterocycles. The van der Waals surface area contributed by atoms with E-state index in [9.17, 15) is 4.39 Å². The molecule has 88 valence electrons. The second-order valence-corrected chi connectivity index (χ2v) is 3.89. The molecule has 0 unspecified atom stereocenters. The number of hydrogen-bond acceptors (Lipinski definition) is 4. The fourth-order valence-electron chi connectivity index (χ4n) is 1.25. The quantitative estimate of drug-likeness (QED) is 0.843. The van der Waals surface area contributed by atoms with Crippen LogP contribution in [-0.4, -0.2) is 22.0 Å². The van der Waals surface area contributed by atoms with E-state index >= 15 is 0 Å². The van der Waals surface area contributed by atoms with Crippen molar-refractivity contribution in [3.8, 4) is 0 Å². The Hall–Kier alpha value is -1.46. The molecule has 0 fully saturated rings. The van der Waals surface area contributed by atoms with Crippen LogP contribution < -0.4 is 4.90 Å². The average molecular weight is 273 g/mol. The largest absolute Gasteiger partial charge is 0.313 e. The van der Waals surface area contributed by atoms with Crippen LogP contribution in [0.3, 0.4) is 0 Å². The maximum atomic E-state index is 12.8. The minimum atomic E-state index is -0.311. The number of hydrogen-bond donors (Lipinski definition) is 0. The maximum Gasteiger partial charge on any atom is 0.235 e. The van der Waals surface area contributed by atoms with E-state index in [-0.39, 0.29) is 16.4 Å².